The fourth-order valence-electron chi connectivity index (χ4n) is 3.78. The highest BCUT2D eigenvalue weighted by atomic mass is 79.9. The first-order valence-electron chi connectivity index (χ1n) is 13.8. The summed E-state index contributed by atoms with van der Waals surface area (Å²) < 4.78 is 16.1. The molecule has 0 aliphatic carbocycles. The van der Waals surface area contributed by atoms with Crippen LogP contribution in [0.15, 0.2) is 0 Å². The van der Waals surface area contributed by atoms with Crippen LogP contribution in [0.3, 0.4) is 0 Å². The van der Waals surface area contributed by atoms with Gasteiger partial charge in [0.2, 0.25) is 0 Å². The smallest absolute Gasteiger partial charge is 0.407 e. The molecule has 0 aromatic rings. The van der Waals surface area contributed by atoms with Crippen molar-refractivity contribution in [3.05, 3.63) is 0 Å². The molecule has 0 saturated carbocycles. The summed E-state index contributed by atoms with van der Waals surface area (Å²) in [4.78, 5) is 11.8. The second kappa shape index (κ2) is 27.9. The average molecular weight is 537 g/mol. The Hall–Kier alpha value is -0.330. The highest BCUT2D eigenvalue weighted by Gasteiger charge is 2.11. The van der Waals surface area contributed by atoms with E-state index in [-0.39, 0.29) is 18.8 Å². The normalized spacial score (nSPS) is 12.1. The zero-order chi connectivity index (χ0) is 24.2. The molecule has 1 amide bonds. The van der Waals surface area contributed by atoms with Gasteiger partial charge >= 0.3 is 6.09 Å². The highest BCUT2D eigenvalue weighted by molar-refractivity contribution is 9.09. The van der Waals surface area contributed by atoms with Crippen molar-refractivity contribution in [2.24, 2.45) is 0 Å². The summed E-state index contributed by atoms with van der Waals surface area (Å²) in [5.74, 6) is 0. The number of amides is 1. The van der Waals surface area contributed by atoms with Gasteiger partial charge in [0.25, 0.3) is 0 Å². The molecule has 0 aromatic heterocycles. The lowest BCUT2D eigenvalue weighted by molar-refractivity contribution is -0.0245. The molecule has 198 valence electrons. The minimum Gasteiger partial charge on any atom is -0.447 e. The van der Waals surface area contributed by atoms with E-state index in [1.54, 1.807) is 7.11 Å². The molecule has 0 rings (SSSR count). The van der Waals surface area contributed by atoms with Crippen molar-refractivity contribution in [1.29, 1.82) is 0 Å². The van der Waals surface area contributed by atoms with E-state index >= 15 is 0 Å². The highest BCUT2D eigenvalue weighted by Crippen LogP contribution is 2.13. The van der Waals surface area contributed by atoms with Crippen LogP contribution in [0.4, 0.5) is 4.79 Å². The van der Waals surface area contributed by atoms with Gasteiger partial charge in [0, 0.05) is 25.6 Å². The van der Waals surface area contributed by atoms with E-state index in [4.69, 9.17) is 14.2 Å². The van der Waals surface area contributed by atoms with Crippen LogP contribution in [-0.4, -0.2) is 51.0 Å². The lowest BCUT2D eigenvalue weighted by Crippen LogP contribution is -2.31. The molecule has 1 atom stereocenters. The number of nitrogens with one attached hydrogen (secondary N) is 1. The van der Waals surface area contributed by atoms with Crippen LogP contribution in [-0.2, 0) is 14.2 Å². The number of halogens is 1. The van der Waals surface area contributed by atoms with Crippen LogP contribution < -0.4 is 5.32 Å². The van der Waals surface area contributed by atoms with E-state index < -0.39 is 0 Å². The lowest BCUT2D eigenvalue weighted by atomic mass is 10.0. The van der Waals surface area contributed by atoms with Crippen molar-refractivity contribution in [1.82, 2.24) is 5.32 Å². The summed E-state index contributed by atoms with van der Waals surface area (Å²) in [7, 11) is 1.62. The summed E-state index contributed by atoms with van der Waals surface area (Å²) in [6.07, 6.45) is 23.2. The second-order valence-corrected chi connectivity index (χ2v) is 9.95. The number of hydrogen-bond acceptors (Lipinski definition) is 4. The van der Waals surface area contributed by atoms with Gasteiger partial charge in [-0.25, -0.2) is 4.79 Å². The Balaban J connectivity index is 3.31. The standard InChI is InChI=1S/C27H54BrNO4/c1-3-4-5-6-7-8-9-10-11-12-13-14-15-16-17-19-22-29-27(30)33-25-26(31-2)24-32-23-20-18-21-28/h26H,3-25H2,1-2H3,(H,29,30)/t26-/m1/s1. The topological polar surface area (TPSA) is 56.8 Å². The predicted octanol–water partition coefficient (Wildman–Crippen LogP) is 8.18. The Morgan fingerprint density at radius 3 is 1.73 bits per heavy atom. The third-order valence-electron chi connectivity index (χ3n) is 6.01. The summed E-state index contributed by atoms with van der Waals surface area (Å²) in [5, 5.41) is 3.83. The molecule has 0 radical (unpaired) electrons. The van der Waals surface area contributed by atoms with Crippen LogP contribution in [0.1, 0.15) is 122 Å². The number of unbranched alkanes of at least 4 members (excludes halogenated alkanes) is 16. The first-order valence-corrected chi connectivity index (χ1v) is 14.9. The van der Waals surface area contributed by atoms with Crippen molar-refractivity contribution in [2.75, 3.05) is 38.8 Å². The van der Waals surface area contributed by atoms with Crippen molar-refractivity contribution >= 4 is 22.0 Å². The maximum atomic E-state index is 11.8. The van der Waals surface area contributed by atoms with Gasteiger partial charge in [-0.05, 0) is 19.3 Å². The van der Waals surface area contributed by atoms with Gasteiger partial charge < -0.3 is 19.5 Å². The Morgan fingerprint density at radius 1 is 0.727 bits per heavy atom. The van der Waals surface area contributed by atoms with Crippen LogP contribution in [0.5, 0.6) is 0 Å². The van der Waals surface area contributed by atoms with E-state index in [0.717, 1.165) is 24.6 Å². The zero-order valence-corrected chi connectivity index (χ0v) is 23.4. The van der Waals surface area contributed by atoms with E-state index in [9.17, 15) is 4.79 Å². The summed E-state index contributed by atoms with van der Waals surface area (Å²) >= 11 is 3.40. The van der Waals surface area contributed by atoms with Crippen molar-refractivity contribution in [2.45, 2.75) is 129 Å². The van der Waals surface area contributed by atoms with Crippen LogP contribution in [0.2, 0.25) is 0 Å². The molecule has 0 unspecified atom stereocenters. The number of alkyl carbamates (subject to hydrolysis) is 1. The van der Waals surface area contributed by atoms with Gasteiger partial charge in [0.15, 0.2) is 0 Å². The first kappa shape index (κ1) is 32.7. The molecular weight excluding hydrogens is 482 g/mol. The molecule has 1 N–H and O–H groups in total. The minimum atomic E-state index is -0.364. The van der Waals surface area contributed by atoms with Crippen LogP contribution >= 0.6 is 15.9 Å². The third kappa shape index (κ3) is 26.1. The maximum absolute atomic E-state index is 11.8. The number of alkyl halides is 1. The number of rotatable bonds is 26. The minimum absolute atomic E-state index is 0.213. The molecule has 33 heavy (non-hydrogen) atoms. The van der Waals surface area contributed by atoms with E-state index in [1.165, 1.54) is 96.3 Å². The van der Waals surface area contributed by atoms with Crippen molar-refractivity contribution in [3.63, 3.8) is 0 Å². The number of methoxy groups -OCH3 is 1. The molecule has 0 aliphatic heterocycles. The lowest BCUT2D eigenvalue weighted by Gasteiger charge is -2.16. The third-order valence-corrected chi connectivity index (χ3v) is 6.57. The fraction of sp³-hybridized carbons (Fsp3) is 0.963. The monoisotopic (exact) mass is 535 g/mol. The number of hydrogen-bond donors (Lipinski definition) is 1. The molecule has 0 saturated heterocycles. The maximum Gasteiger partial charge on any atom is 0.407 e. The molecule has 6 heteroatoms. The van der Waals surface area contributed by atoms with E-state index in [2.05, 4.69) is 28.2 Å². The SMILES string of the molecule is CCCCCCCCCCCCCCCCCCNC(=O)OC[C@@H](COCCCCBr)OC. The number of carbonyl (C=O) groups excluding carboxylic acids is 1. The molecule has 0 heterocycles. The number of carbonyl (C=O) groups is 1. The summed E-state index contributed by atoms with van der Waals surface area (Å²) in [5.41, 5.74) is 0. The Labute approximate surface area is 213 Å². The van der Waals surface area contributed by atoms with Gasteiger partial charge in [-0.3, -0.25) is 0 Å². The van der Waals surface area contributed by atoms with Gasteiger partial charge in [-0.2, -0.15) is 0 Å². The van der Waals surface area contributed by atoms with Gasteiger partial charge in [-0.15, -0.1) is 0 Å². The molecule has 0 aliphatic rings. The Kier molecular flexibility index (Phi) is 27.6. The summed E-state index contributed by atoms with van der Waals surface area (Å²) in [6.45, 7) is 4.34. The largest absolute Gasteiger partial charge is 0.447 e. The van der Waals surface area contributed by atoms with Crippen LogP contribution in [0.25, 0.3) is 0 Å². The molecule has 5 nitrogen and oxygen atoms in total. The first-order chi connectivity index (χ1) is 16.2. The molecule has 0 spiro atoms. The summed E-state index contributed by atoms with van der Waals surface area (Å²) in [6, 6.07) is 0. The second-order valence-electron chi connectivity index (χ2n) is 9.16. The van der Waals surface area contributed by atoms with Crippen LogP contribution in [0, 0.1) is 0 Å². The molecule has 0 bridgehead atoms. The van der Waals surface area contributed by atoms with Gasteiger partial charge in [0.05, 0.1) is 6.61 Å². The van der Waals surface area contributed by atoms with E-state index in [1.807, 2.05) is 0 Å². The predicted molar refractivity (Wildman–Crippen MR) is 144 cm³/mol. The Morgan fingerprint density at radius 2 is 1.24 bits per heavy atom. The van der Waals surface area contributed by atoms with Gasteiger partial charge in [0.1, 0.15) is 12.7 Å². The van der Waals surface area contributed by atoms with E-state index in [0.29, 0.717) is 19.8 Å². The van der Waals surface area contributed by atoms with Gasteiger partial charge in [-0.1, -0.05) is 119 Å². The molecule has 0 aromatic carbocycles. The zero-order valence-electron chi connectivity index (χ0n) is 21.9. The van der Waals surface area contributed by atoms with Crippen molar-refractivity contribution < 1.29 is 19.0 Å². The fourth-order valence-corrected chi connectivity index (χ4v) is 4.18. The number of ether oxygens (including phenoxy) is 3. The quantitative estimate of drug-likeness (QED) is 0.0895. The molecular formula is C27H54BrNO4. The average Bonchev–Trinajstić information content (AvgIpc) is 2.82. The van der Waals surface area contributed by atoms with Crippen molar-refractivity contribution in [3.8, 4) is 0 Å². The molecule has 0 fully saturated rings. The Bertz CT molecular complexity index is 398.